The van der Waals surface area contributed by atoms with E-state index in [1.807, 2.05) is 41.2 Å². The molecule has 1 aromatic rings. The molecule has 1 unspecified atom stereocenters. The number of rotatable bonds is 2. The van der Waals surface area contributed by atoms with Gasteiger partial charge < -0.3 is 0 Å². The lowest BCUT2D eigenvalue weighted by Crippen LogP contribution is -2.61. The van der Waals surface area contributed by atoms with Crippen LogP contribution in [0.3, 0.4) is 0 Å². The van der Waals surface area contributed by atoms with Crippen molar-refractivity contribution in [3.63, 3.8) is 0 Å². The van der Waals surface area contributed by atoms with Gasteiger partial charge >= 0.3 is 11.2 Å². The number of nitrogens with zero attached hydrogens (tertiary/aromatic N) is 4. The molecule has 1 atom stereocenters. The summed E-state index contributed by atoms with van der Waals surface area (Å²) in [7, 11) is 3.16. The monoisotopic (exact) mass is 317 g/mol. The number of amides is 3. The van der Waals surface area contributed by atoms with Crippen LogP contribution in [0.5, 0.6) is 0 Å². The lowest BCUT2D eigenvalue weighted by Gasteiger charge is -2.30. The summed E-state index contributed by atoms with van der Waals surface area (Å²) in [5.41, 5.74) is 1.10. The van der Waals surface area contributed by atoms with Gasteiger partial charge in [-0.05, 0) is 28.6 Å². The Labute approximate surface area is 133 Å². The molecule has 6 nitrogen and oxygen atoms in total. The number of urea groups is 1. The van der Waals surface area contributed by atoms with Crippen LogP contribution in [0.15, 0.2) is 35.3 Å². The second-order valence-electron chi connectivity index (χ2n) is 5.21. The summed E-state index contributed by atoms with van der Waals surface area (Å²) in [6.45, 7) is 0.580. The number of imide groups is 1. The van der Waals surface area contributed by atoms with E-state index in [2.05, 4.69) is 4.99 Å². The molecular formula is C15H17N4O2S+. The molecule has 1 fully saturated rings. The van der Waals surface area contributed by atoms with Crippen LogP contribution >= 0.6 is 11.8 Å². The van der Waals surface area contributed by atoms with Crippen LogP contribution in [0.25, 0.3) is 0 Å². The first-order valence-corrected chi connectivity index (χ1v) is 8.12. The van der Waals surface area contributed by atoms with Crippen molar-refractivity contribution in [2.45, 2.75) is 12.6 Å². The van der Waals surface area contributed by atoms with E-state index in [1.54, 1.807) is 7.05 Å². The van der Waals surface area contributed by atoms with Gasteiger partial charge in [-0.15, -0.1) is 0 Å². The molecule has 1 saturated heterocycles. The molecule has 0 spiro atoms. The van der Waals surface area contributed by atoms with E-state index in [4.69, 9.17) is 0 Å². The van der Waals surface area contributed by atoms with Gasteiger partial charge in [0.1, 0.15) is 6.54 Å². The molecule has 2 aliphatic rings. The van der Waals surface area contributed by atoms with Crippen molar-refractivity contribution in [1.82, 2.24) is 9.80 Å². The van der Waals surface area contributed by atoms with Crippen molar-refractivity contribution in [3.05, 3.63) is 35.9 Å². The molecular weight excluding hydrogens is 300 g/mol. The highest BCUT2D eigenvalue weighted by atomic mass is 32.2. The fourth-order valence-electron chi connectivity index (χ4n) is 2.68. The molecule has 1 aromatic carbocycles. The van der Waals surface area contributed by atoms with Gasteiger partial charge in [0, 0.05) is 14.1 Å². The molecule has 0 bridgehead atoms. The van der Waals surface area contributed by atoms with E-state index in [9.17, 15) is 9.59 Å². The lowest BCUT2D eigenvalue weighted by atomic mass is 10.1. The van der Waals surface area contributed by atoms with Crippen molar-refractivity contribution in [2.75, 3.05) is 20.4 Å². The minimum absolute atomic E-state index is 0.234. The Kier molecular flexibility index (Phi) is 3.74. The van der Waals surface area contributed by atoms with E-state index in [0.717, 1.165) is 15.6 Å². The number of hydrogen-bond donors (Lipinski definition) is 0. The van der Waals surface area contributed by atoms with Crippen molar-refractivity contribution >= 4 is 34.7 Å². The number of fused-ring (bicyclic) bond motifs is 1. The minimum atomic E-state index is -0.532. The Hall–Kier alpha value is -2.15. The molecule has 114 valence electrons. The van der Waals surface area contributed by atoms with Gasteiger partial charge in [0.2, 0.25) is 0 Å². The maximum absolute atomic E-state index is 12.6. The number of amidine groups is 2. The topological polar surface area (TPSA) is 56.0 Å². The summed E-state index contributed by atoms with van der Waals surface area (Å²) < 4.78 is 1.96. The van der Waals surface area contributed by atoms with Gasteiger partial charge in [-0.25, -0.2) is 9.37 Å². The average Bonchev–Trinajstić information content (AvgIpc) is 2.90. The molecule has 7 heteroatoms. The molecule has 3 rings (SSSR count). The summed E-state index contributed by atoms with van der Waals surface area (Å²) in [6.07, 6.45) is 1.92. The number of carbonyl (C=O) groups is 2. The van der Waals surface area contributed by atoms with E-state index in [-0.39, 0.29) is 11.9 Å². The Morgan fingerprint density at radius 1 is 1.18 bits per heavy atom. The number of likely N-dealkylation sites (N-methyl/N-ethyl adjacent to an activating group) is 2. The summed E-state index contributed by atoms with van der Waals surface area (Å²) in [5, 5.41) is 0.757. The van der Waals surface area contributed by atoms with Crippen LogP contribution in [0.2, 0.25) is 0 Å². The SMILES string of the molecule is CSC1=[N+](Cc2ccccc2)C2C(=O)N(C)C(=O)N(C)C2=N1. The van der Waals surface area contributed by atoms with Crippen molar-refractivity contribution in [1.29, 1.82) is 0 Å². The maximum atomic E-state index is 12.6. The van der Waals surface area contributed by atoms with Gasteiger partial charge in [-0.1, -0.05) is 30.3 Å². The molecule has 2 aliphatic heterocycles. The molecule has 0 radical (unpaired) electrons. The van der Waals surface area contributed by atoms with Crippen LogP contribution in [0.4, 0.5) is 4.79 Å². The molecule has 0 aromatic heterocycles. The van der Waals surface area contributed by atoms with E-state index in [1.165, 1.54) is 23.7 Å². The zero-order valence-electron chi connectivity index (χ0n) is 12.7. The fourth-order valence-corrected chi connectivity index (χ4v) is 3.27. The third kappa shape index (κ3) is 2.21. The third-order valence-electron chi connectivity index (χ3n) is 3.87. The smallest absolute Gasteiger partial charge is 0.269 e. The predicted molar refractivity (Wildman–Crippen MR) is 86.1 cm³/mol. The van der Waals surface area contributed by atoms with E-state index in [0.29, 0.717) is 12.4 Å². The number of thioether (sulfide) groups is 1. The summed E-state index contributed by atoms with van der Waals surface area (Å²) >= 11 is 1.48. The van der Waals surface area contributed by atoms with Crippen LogP contribution < -0.4 is 0 Å². The highest BCUT2D eigenvalue weighted by Gasteiger charge is 2.52. The third-order valence-corrected chi connectivity index (χ3v) is 4.56. The lowest BCUT2D eigenvalue weighted by molar-refractivity contribution is -0.548. The van der Waals surface area contributed by atoms with Gasteiger partial charge in [-0.3, -0.25) is 14.6 Å². The zero-order valence-corrected chi connectivity index (χ0v) is 13.5. The molecule has 3 amide bonds. The van der Waals surface area contributed by atoms with E-state index >= 15 is 0 Å². The summed E-state index contributed by atoms with van der Waals surface area (Å²) in [4.78, 5) is 31.7. The second kappa shape index (κ2) is 5.57. The second-order valence-corrected chi connectivity index (χ2v) is 5.98. The van der Waals surface area contributed by atoms with Gasteiger partial charge in [0.05, 0.1) is 0 Å². The van der Waals surface area contributed by atoms with Crippen molar-refractivity contribution in [3.8, 4) is 0 Å². The Morgan fingerprint density at radius 3 is 2.50 bits per heavy atom. The fraction of sp³-hybridized carbons (Fsp3) is 0.333. The summed E-state index contributed by atoms with van der Waals surface area (Å²) in [5.74, 6) is 0.273. The first-order valence-electron chi connectivity index (χ1n) is 6.90. The average molecular weight is 317 g/mol. The number of hydrogen-bond acceptors (Lipinski definition) is 4. The highest BCUT2D eigenvalue weighted by Crippen LogP contribution is 2.23. The van der Waals surface area contributed by atoms with Crippen LogP contribution in [0.1, 0.15) is 5.56 Å². The summed E-state index contributed by atoms with van der Waals surface area (Å²) in [6, 6.07) is 9.05. The molecule has 22 heavy (non-hydrogen) atoms. The Morgan fingerprint density at radius 2 is 1.86 bits per heavy atom. The normalized spacial score (nSPS) is 21.4. The maximum Gasteiger partial charge on any atom is 0.357 e. The highest BCUT2D eigenvalue weighted by molar-refractivity contribution is 8.13. The van der Waals surface area contributed by atoms with Crippen molar-refractivity contribution in [2.24, 2.45) is 4.99 Å². The number of aliphatic imine (C=N–C) groups is 1. The predicted octanol–water partition coefficient (Wildman–Crippen LogP) is 1.22. The quantitative estimate of drug-likeness (QED) is 0.771. The first kappa shape index (κ1) is 14.8. The van der Waals surface area contributed by atoms with Gasteiger partial charge in [0.25, 0.3) is 17.8 Å². The van der Waals surface area contributed by atoms with Crippen LogP contribution in [-0.2, 0) is 11.3 Å². The molecule has 0 N–H and O–H groups in total. The molecule has 0 aliphatic carbocycles. The number of benzene rings is 1. The Bertz CT molecular complexity index is 699. The standard InChI is InChI=1S/C15H17N4O2S/c1-17-12-11(13(20)18(2)15(17)21)19(14(16-12)22-3)9-10-7-5-4-6-8-10/h4-8,11H,9H2,1-3H3/q+1. The minimum Gasteiger partial charge on any atom is -0.269 e. The van der Waals surface area contributed by atoms with Gasteiger partial charge in [0.15, 0.2) is 0 Å². The van der Waals surface area contributed by atoms with Crippen molar-refractivity contribution < 1.29 is 14.2 Å². The zero-order chi connectivity index (χ0) is 15.9. The molecule has 0 saturated carbocycles. The van der Waals surface area contributed by atoms with E-state index < -0.39 is 6.04 Å². The van der Waals surface area contributed by atoms with Gasteiger partial charge in [-0.2, -0.15) is 0 Å². The number of carbonyl (C=O) groups excluding carboxylic acids is 2. The largest absolute Gasteiger partial charge is 0.357 e. The van der Waals surface area contributed by atoms with Crippen LogP contribution in [0, 0.1) is 0 Å². The molecule has 2 heterocycles. The Balaban J connectivity index is 2.00. The first-order chi connectivity index (χ1) is 10.5. The van der Waals surface area contributed by atoms with Crippen LogP contribution in [-0.4, -0.2) is 63.7 Å².